The van der Waals surface area contributed by atoms with Gasteiger partial charge in [-0.25, -0.2) is 15.0 Å². The van der Waals surface area contributed by atoms with Crippen LogP contribution in [0.5, 0.6) is 0 Å². The molecule has 1 amide bonds. The summed E-state index contributed by atoms with van der Waals surface area (Å²) in [6.07, 6.45) is 5.69. The molecule has 132 valence electrons. The largest absolute Gasteiger partial charge is 0.367 e. The highest BCUT2D eigenvalue weighted by molar-refractivity contribution is 5.90. The van der Waals surface area contributed by atoms with Crippen LogP contribution in [-0.2, 0) is 6.42 Å². The standard InChI is InChI=1S/C18H19N7O/c1-13-11-14-5-2-3-6-15(14)24(13)10-9-19-17(26)16-22-12-25(23-16)18-20-7-4-8-21-18/h2-8,12-13H,9-11H2,1H3,(H,19,26). The van der Waals surface area contributed by atoms with Gasteiger partial charge in [-0.05, 0) is 31.0 Å². The molecule has 2 aromatic heterocycles. The maximum atomic E-state index is 12.3. The number of aromatic nitrogens is 5. The van der Waals surface area contributed by atoms with Crippen molar-refractivity contribution in [1.82, 2.24) is 30.0 Å². The van der Waals surface area contributed by atoms with Gasteiger partial charge in [-0.1, -0.05) is 18.2 Å². The lowest BCUT2D eigenvalue weighted by atomic mass is 10.1. The first-order valence-electron chi connectivity index (χ1n) is 8.54. The van der Waals surface area contributed by atoms with Crippen LogP contribution in [0.2, 0.25) is 0 Å². The van der Waals surface area contributed by atoms with Crippen LogP contribution in [0.3, 0.4) is 0 Å². The van der Waals surface area contributed by atoms with E-state index in [-0.39, 0.29) is 11.7 Å². The van der Waals surface area contributed by atoms with E-state index in [1.807, 2.05) is 6.07 Å². The summed E-state index contributed by atoms with van der Waals surface area (Å²) in [4.78, 5) is 26.8. The van der Waals surface area contributed by atoms with E-state index in [4.69, 9.17) is 0 Å². The number of carbonyl (C=O) groups is 1. The Morgan fingerprint density at radius 2 is 2.00 bits per heavy atom. The Kier molecular flexibility index (Phi) is 4.30. The molecule has 1 atom stereocenters. The minimum absolute atomic E-state index is 0.104. The Balaban J connectivity index is 1.36. The molecule has 0 spiro atoms. The molecule has 1 aromatic carbocycles. The van der Waals surface area contributed by atoms with Crippen LogP contribution in [0.1, 0.15) is 23.1 Å². The van der Waals surface area contributed by atoms with Gasteiger partial charge in [-0.3, -0.25) is 4.79 Å². The van der Waals surface area contributed by atoms with Crippen LogP contribution >= 0.6 is 0 Å². The zero-order valence-electron chi connectivity index (χ0n) is 14.4. The van der Waals surface area contributed by atoms with E-state index in [2.05, 4.69) is 55.4 Å². The average Bonchev–Trinajstić information content (AvgIpc) is 3.28. The topological polar surface area (TPSA) is 88.8 Å². The molecule has 3 heterocycles. The number of hydrogen-bond acceptors (Lipinski definition) is 6. The molecule has 1 N–H and O–H groups in total. The van der Waals surface area contributed by atoms with Crippen molar-refractivity contribution < 1.29 is 4.79 Å². The second-order valence-corrected chi connectivity index (χ2v) is 6.19. The predicted molar refractivity (Wildman–Crippen MR) is 96.2 cm³/mol. The number of rotatable bonds is 5. The highest BCUT2D eigenvalue weighted by Gasteiger charge is 2.25. The lowest BCUT2D eigenvalue weighted by Gasteiger charge is -2.24. The van der Waals surface area contributed by atoms with E-state index >= 15 is 0 Å². The summed E-state index contributed by atoms with van der Waals surface area (Å²) in [5, 5.41) is 7.02. The summed E-state index contributed by atoms with van der Waals surface area (Å²) in [5.41, 5.74) is 2.60. The molecule has 0 saturated carbocycles. The zero-order valence-corrected chi connectivity index (χ0v) is 14.4. The van der Waals surface area contributed by atoms with Crippen molar-refractivity contribution in [3.8, 4) is 5.95 Å². The van der Waals surface area contributed by atoms with Crippen LogP contribution in [-0.4, -0.2) is 49.8 Å². The molecule has 1 aliphatic heterocycles. The summed E-state index contributed by atoms with van der Waals surface area (Å²) < 4.78 is 1.38. The van der Waals surface area contributed by atoms with Crippen LogP contribution < -0.4 is 10.2 Å². The lowest BCUT2D eigenvalue weighted by molar-refractivity contribution is 0.0944. The SMILES string of the molecule is CC1Cc2ccccc2N1CCNC(=O)c1ncn(-c2ncccn2)n1. The monoisotopic (exact) mass is 349 g/mol. The predicted octanol–water partition coefficient (Wildman–Crippen LogP) is 1.24. The molecular weight excluding hydrogens is 330 g/mol. The zero-order chi connectivity index (χ0) is 17.9. The third kappa shape index (κ3) is 3.13. The van der Waals surface area contributed by atoms with Crippen LogP contribution in [0.15, 0.2) is 49.1 Å². The molecular formula is C18H19N7O. The van der Waals surface area contributed by atoms with Crippen LogP contribution in [0.25, 0.3) is 5.95 Å². The first-order valence-corrected chi connectivity index (χ1v) is 8.54. The van der Waals surface area contributed by atoms with Gasteiger partial charge in [-0.15, -0.1) is 5.10 Å². The summed E-state index contributed by atoms with van der Waals surface area (Å²) in [5.74, 6) is 0.175. The summed E-state index contributed by atoms with van der Waals surface area (Å²) in [6, 6.07) is 10.5. The molecule has 0 bridgehead atoms. The van der Waals surface area contributed by atoms with Crippen molar-refractivity contribution in [3.05, 3.63) is 60.4 Å². The quantitative estimate of drug-likeness (QED) is 0.745. The number of benzene rings is 1. The molecule has 8 nitrogen and oxygen atoms in total. The summed E-state index contributed by atoms with van der Waals surface area (Å²) in [7, 11) is 0. The highest BCUT2D eigenvalue weighted by atomic mass is 16.2. The van der Waals surface area contributed by atoms with Gasteiger partial charge in [0.05, 0.1) is 0 Å². The van der Waals surface area contributed by atoms with E-state index in [9.17, 15) is 4.79 Å². The molecule has 0 saturated heterocycles. The van der Waals surface area contributed by atoms with Crippen LogP contribution in [0, 0.1) is 0 Å². The van der Waals surface area contributed by atoms with Gasteiger partial charge in [0.2, 0.25) is 5.82 Å². The van der Waals surface area contributed by atoms with Crippen molar-refractivity contribution in [2.24, 2.45) is 0 Å². The summed E-state index contributed by atoms with van der Waals surface area (Å²) >= 11 is 0. The molecule has 0 aliphatic carbocycles. The molecule has 1 unspecified atom stereocenters. The molecule has 0 fully saturated rings. The third-order valence-electron chi connectivity index (χ3n) is 4.44. The van der Waals surface area contributed by atoms with E-state index in [1.165, 1.54) is 22.3 Å². The Hall–Kier alpha value is -3.29. The van der Waals surface area contributed by atoms with Crippen LogP contribution in [0.4, 0.5) is 5.69 Å². The van der Waals surface area contributed by atoms with Crippen molar-refractivity contribution >= 4 is 11.6 Å². The fourth-order valence-electron chi connectivity index (χ4n) is 3.21. The Labute approximate surface area is 150 Å². The fraction of sp³-hybridized carbons (Fsp3) is 0.278. The van der Waals surface area contributed by atoms with E-state index in [0.29, 0.717) is 18.5 Å². The van der Waals surface area contributed by atoms with Gasteiger partial charge in [0.1, 0.15) is 6.33 Å². The molecule has 26 heavy (non-hydrogen) atoms. The van der Waals surface area contributed by atoms with Gasteiger partial charge in [0.15, 0.2) is 0 Å². The molecule has 0 radical (unpaired) electrons. The molecule has 1 aliphatic rings. The maximum Gasteiger partial charge on any atom is 0.291 e. The highest BCUT2D eigenvalue weighted by Crippen LogP contribution is 2.31. The van der Waals surface area contributed by atoms with Crippen molar-refractivity contribution in [1.29, 1.82) is 0 Å². The number of carbonyl (C=O) groups excluding carboxylic acids is 1. The number of anilines is 1. The van der Waals surface area contributed by atoms with Gasteiger partial charge in [-0.2, -0.15) is 4.68 Å². The molecule has 3 aromatic rings. The van der Waals surface area contributed by atoms with Gasteiger partial charge in [0.25, 0.3) is 11.9 Å². The average molecular weight is 349 g/mol. The fourth-order valence-corrected chi connectivity index (χ4v) is 3.21. The second-order valence-electron chi connectivity index (χ2n) is 6.19. The van der Waals surface area contributed by atoms with E-state index < -0.39 is 0 Å². The van der Waals surface area contributed by atoms with E-state index in [1.54, 1.807) is 18.5 Å². The van der Waals surface area contributed by atoms with Crippen molar-refractivity contribution in [2.75, 3.05) is 18.0 Å². The number of nitrogens with one attached hydrogen (secondary N) is 1. The first-order chi connectivity index (χ1) is 12.7. The lowest BCUT2D eigenvalue weighted by Crippen LogP contribution is -2.38. The normalized spacial score (nSPS) is 15.7. The summed E-state index contributed by atoms with van der Waals surface area (Å²) in [6.45, 7) is 3.46. The van der Waals surface area contributed by atoms with E-state index in [0.717, 1.165) is 13.0 Å². The number of nitrogens with zero attached hydrogens (tertiary/aromatic N) is 6. The van der Waals surface area contributed by atoms with Gasteiger partial charge < -0.3 is 10.2 Å². The minimum atomic E-state index is -0.306. The first kappa shape index (κ1) is 16.2. The minimum Gasteiger partial charge on any atom is -0.367 e. The Morgan fingerprint density at radius 3 is 2.85 bits per heavy atom. The second kappa shape index (κ2) is 6.91. The molecule has 4 rings (SSSR count). The smallest absolute Gasteiger partial charge is 0.291 e. The Bertz CT molecular complexity index is 909. The number of hydrogen-bond donors (Lipinski definition) is 1. The number of amides is 1. The number of fused-ring (bicyclic) bond motifs is 1. The maximum absolute atomic E-state index is 12.3. The molecule has 8 heteroatoms. The van der Waals surface area contributed by atoms with Gasteiger partial charge >= 0.3 is 0 Å². The number of para-hydroxylation sites is 1. The van der Waals surface area contributed by atoms with Crippen molar-refractivity contribution in [2.45, 2.75) is 19.4 Å². The van der Waals surface area contributed by atoms with Gasteiger partial charge in [0, 0.05) is 37.2 Å². The van der Waals surface area contributed by atoms with Crippen molar-refractivity contribution in [3.63, 3.8) is 0 Å². The Morgan fingerprint density at radius 1 is 1.19 bits per heavy atom. The third-order valence-corrected chi connectivity index (χ3v) is 4.44.